The van der Waals surface area contributed by atoms with E-state index in [-0.39, 0.29) is 0 Å². The first-order chi connectivity index (χ1) is 13.0. The van der Waals surface area contributed by atoms with Crippen molar-refractivity contribution in [2.75, 3.05) is 71.6 Å². The number of aryl methyl sites for hydroxylation is 1. The molecule has 0 atom stereocenters. The molecule has 7 nitrogen and oxygen atoms in total. The second kappa shape index (κ2) is 10.3. The molecule has 0 aromatic heterocycles. The standard InChI is InChI=1S/C20H31N3O4/c1-16-6-5-7-18(17(16)2)21-8-10-22(11-9-21)19(24)20(25)23(12-14-26-3)13-15-27-4/h5-7H,8-15H2,1-4H3. The molecule has 1 aliphatic rings. The van der Waals surface area contributed by atoms with Crippen LogP contribution in [0.2, 0.25) is 0 Å². The van der Waals surface area contributed by atoms with E-state index in [0.717, 1.165) is 13.1 Å². The number of amides is 2. The Morgan fingerprint density at radius 1 is 1.00 bits per heavy atom. The van der Waals surface area contributed by atoms with Gasteiger partial charge in [0.05, 0.1) is 13.2 Å². The summed E-state index contributed by atoms with van der Waals surface area (Å²) in [4.78, 5) is 30.7. The highest BCUT2D eigenvalue weighted by atomic mass is 16.5. The Kier molecular flexibility index (Phi) is 8.06. The Balaban J connectivity index is 1.96. The van der Waals surface area contributed by atoms with Crippen molar-refractivity contribution in [3.05, 3.63) is 29.3 Å². The summed E-state index contributed by atoms with van der Waals surface area (Å²) in [6, 6.07) is 6.27. The summed E-state index contributed by atoms with van der Waals surface area (Å²) in [5, 5.41) is 0. The number of nitrogens with zero attached hydrogens (tertiary/aromatic N) is 3. The molecule has 2 amide bonds. The van der Waals surface area contributed by atoms with E-state index in [1.807, 2.05) is 0 Å². The van der Waals surface area contributed by atoms with E-state index in [1.54, 1.807) is 19.1 Å². The number of carbonyl (C=O) groups is 2. The Hall–Kier alpha value is -2.12. The number of carbonyl (C=O) groups excluding carboxylic acids is 2. The zero-order chi connectivity index (χ0) is 19.8. The van der Waals surface area contributed by atoms with E-state index in [4.69, 9.17) is 9.47 Å². The lowest BCUT2D eigenvalue weighted by Crippen LogP contribution is -2.54. The quantitative estimate of drug-likeness (QED) is 0.666. The van der Waals surface area contributed by atoms with Gasteiger partial charge in [0.15, 0.2) is 0 Å². The summed E-state index contributed by atoms with van der Waals surface area (Å²) in [7, 11) is 3.15. The van der Waals surface area contributed by atoms with Crippen LogP contribution in [0.4, 0.5) is 5.69 Å². The maximum absolute atomic E-state index is 12.7. The van der Waals surface area contributed by atoms with Crippen molar-refractivity contribution in [1.29, 1.82) is 0 Å². The Bertz CT molecular complexity index is 634. The summed E-state index contributed by atoms with van der Waals surface area (Å²) < 4.78 is 10.1. The van der Waals surface area contributed by atoms with Crippen LogP contribution in [0.15, 0.2) is 18.2 Å². The maximum atomic E-state index is 12.7. The van der Waals surface area contributed by atoms with E-state index >= 15 is 0 Å². The number of benzene rings is 1. The SMILES string of the molecule is COCCN(CCOC)C(=O)C(=O)N1CCN(c2cccc(C)c2C)CC1. The van der Waals surface area contributed by atoms with Gasteiger partial charge in [-0.1, -0.05) is 12.1 Å². The van der Waals surface area contributed by atoms with Crippen molar-refractivity contribution < 1.29 is 19.1 Å². The summed E-state index contributed by atoms with van der Waals surface area (Å²) in [5.74, 6) is -0.924. The molecule has 1 fully saturated rings. The van der Waals surface area contributed by atoms with Crippen LogP contribution in [0.1, 0.15) is 11.1 Å². The van der Waals surface area contributed by atoms with Gasteiger partial charge < -0.3 is 24.2 Å². The van der Waals surface area contributed by atoms with Crippen LogP contribution in [-0.4, -0.2) is 88.3 Å². The predicted octanol–water partition coefficient (Wildman–Crippen LogP) is 1.07. The Labute approximate surface area is 161 Å². The van der Waals surface area contributed by atoms with E-state index in [2.05, 4.69) is 36.9 Å². The third kappa shape index (κ3) is 5.43. The van der Waals surface area contributed by atoms with Crippen molar-refractivity contribution in [1.82, 2.24) is 9.80 Å². The molecular formula is C20H31N3O4. The van der Waals surface area contributed by atoms with Crippen molar-refractivity contribution in [2.24, 2.45) is 0 Å². The highest BCUT2D eigenvalue weighted by Crippen LogP contribution is 2.23. The second-order valence-electron chi connectivity index (χ2n) is 6.78. The van der Waals surface area contributed by atoms with Gasteiger partial charge in [-0.05, 0) is 31.0 Å². The smallest absolute Gasteiger partial charge is 0.312 e. The third-order valence-electron chi connectivity index (χ3n) is 5.08. The monoisotopic (exact) mass is 377 g/mol. The summed E-state index contributed by atoms with van der Waals surface area (Å²) >= 11 is 0. The highest BCUT2D eigenvalue weighted by molar-refractivity contribution is 6.34. The minimum Gasteiger partial charge on any atom is -0.383 e. The number of hydrogen-bond acceptors (Lipinski definition) is 5. The number of anilines is 1. The third-order valence-corrected chi connectivity index (χ3v) is 5.08. The minimum absolute atomic E-state index is 0.382. The van der Waals surface area contributed by atoms with Crippen LogP contribution in [-0.2, 0) is 19.1 Å². The molecule has 7 heteroatoms. The molecule has 1 heterocycles. The van der Waals surface area contributed by atoms with Gasteiger partial charge in [0, 0.05) is 59.2 Å². The number of hydrogen-bond donors (Lipinski definition) is 0. The molecule has 1 aliphatic heterocycles. The number of ether oxygens (including phenoxy) is 2. The van der Waals surface area contributed by atoms with Crippen LogP contribution in [0, 0.1) is 13.8 Å². The molecule has 0 radical (unpaired) electrons. The first kappa shape index (κ1) is 21.2. The van der Waals surface area contributed by atoms with Crippen molar-refractivity contribution in [3.8, 4) is 0 Å². The molecule has 0 N–H and O–H groups in total. The average molecular weight is 377 g/mol. The van der Waals surface area contributed by atoms with Crippen LogP contribution < -0.4 is 4.90 Å². The molecule has 0 aliphatic carbocycles. The van der Waals surface area contributed by atoms with Gasteiger partial charge >= 0.3 is 11.8 Å². The topological polar surface area (TPSA) is 62.3 Å². The van der Waals surface area contributed by atoms with Crippen molar-refractivity contribution >= 4 is 17.5 Å². The fourth-order valence-electron chi connectivity index (χ4n) is 3.22. The van der Waals surface area contributed by atoms with Gasteiger partial charge in [-0.3, -0.25) is 9.59 Å². The minimum atomic E-state index is -0.482. The first-order valence-corrected chi connectivity index (χ1v) is 9.36. The average Bonchev–Trinajstić information content (AvgIpc) is 2.69. The molecule has 0 unspecified atom stereocenters. The predicted molar refractivity (Wildman–Crippen MR) is 105 cm³/mol. The van der Waals surface area contributed by atoms with E-state index in [9.17, 15) is 9.59 Å². The number of methoxy groups -OCH3 is 2. The van der Waals surface area contributed by atoms with Gasteiger partial charge in [-0.25, -0.2) is 0 Å². The van der Waals surface area contributed by atoms with Gasteiger partial charge in [-0.15, -0.1) is 0 Å². The molecule has 0 bridgehead atoms. The summed E-state index contributed by atoms with van der Waals surface area (Å²) in [6.07, 6.45) is 0. The lowest BCUT2D eigenvalue weighted by molar-refractivity contribution is -0.152. The van der Waals surface area contributed by atoms with Crippen LogP contribution >= 0.6 is 0 Å². The molecule has 1 saturated heterocycles. The van der Waals surface area contributed by atoms with Gasteiger partial charge in [0.1, 0.15) is 0 Å². The van der Waals surface area contributed by atoms with E-state index in [1.165, 1.54) is 21.7 Å². The van der Waals surface area contributed by atoms with E-state index in [0.29, 0.717) is 39.4 Å². The lowest BCUT2D eigenvalue weighted by Gasteiger charge is -2.37. The Morgan fingerprint density at radius 3 is 2.15 bits per heavy atom. The largest absolute Gasteiger partial charge is 0.383 e. The van der Waals surface area contributed by atoms with Crippen LogP contribution in [0.5, 0.6) is 0 Å². The summed E-state index contributed by atoms with van der Waals surface area (Å²) in [6.45, 7) is 8.30. The molecule has 27 heavy (non-hydrogen) atoms. The van der Waals surface area contributed by atoms with Crippen LogP contribution in [0.3, 0.4) is 0 Å². The molecule has 0 spiro atoms. The zero-order valence-corrected chi connectivity index (χ0v) is 16.9. The maximum Gasteiger partial charge on any atom is 0.312 e. The molecule has 1 aromatic carbocycles. The van der Waals surface area contributed by atoms with Crippen molar-refractivity contribution in [3.63, 3.8) is 0 Å². The Morgan fingerprint density at radius 2 is 1.59 bits per heavy atom. The molecule has 2 rings (SSSR count). The highest BCUT2D eigenvalue weighted by Gasteiger charge is 2.29. The number of piperazine rings is 1. The molecule has 1 aromatic rings. The zero-order valence-electron chi connectivity index (χ0n) is 16.9. The van der Waals surface area contributed by atoms with Crippen LogP contribution in [0.25, 0.3) is 0 Å². The lowest BCUT2D eigenvalue weighted by atomic mass is 10.1. The first-order valence-electron chi connectivity index (χ1n) is 9.36. The fraction of sp³-hybridized carbons (Fsp3) is 0.600. The van der Waals surface area contributed by atoms with Gasteiger partial charge in [-0.2, -0.15) is 0 Å². The van der Waals surface area contributed by atoms with E-state index < -0.39 is 11.8 Å². The second-order valence-corrected chi connectivity index (χ2v) is 6.78. The normalized spacial score (nSPS) is 14.4. The molecule has 150 valence electrons. The number of rotatable bonds is 7. The summed E-state index contributed by atoms with van der Waals surface area (Å²) in [5.41, 5.74) is 3.72. The molecular weight excluding hydrogens is 346 g/mol. The fourth-order valence-corrected chi connectivity index (χ4v) is 3.22. The van der Waals surface area contributed by atoms with Gasteiger partial charge in [0.2, 0.25) is 0 Å². The molecule has 0 saturated carbocycles. The van der Waals surface area contributed by atoms with Gasteiger partial charge in [0.25, 0.3) is 0 Å². The van der Waals surface area contributed by atoms with Crippen molar-refractivity contribution in [2.45, 2.75) is 13.8 Å².